The number of hydrogen-bond donors (Lipinski definition) is 0. The lowest BCUT2D eigenvalue weighted by atomic mass is 10.1. The van der Waals surface area contributed by atoms with Crippen LogP contribution in [0.3, 0.4) is 0 Å². The molecule has 0 spiro atoms. The molecule has 2 rings (SSSR count). The monoisotopic (exact) mass is 319 g/mol. The Bertz CT molecular complexity index is 474. The molecule has 124 valence electrons. The number of halogens is 3. The molecule has 1 fully saturated rings. The molecule has 1 aromatic carbocycles. The van der Waals surface area contributed by atoms with Crippen molar-refractivity contribution in [3.63, 3.8) is 0 Å². The highest BCUT2D eigenvalue weighted by atomic mass is 19.4. The molecule has 0 aromatic heterocycles. The number of morpholine rings is 1. The third-order valence-electron chi connectivity index (χ3n) is 3.52. The van der Waals surface area contributed by atoms with Crippen molar-refractivity contribution < 1.29 is 27.4 Å². The van der Waals surface area contributed by atoms with Gasteiger partial charge in [0, 0.05) is 19.2 Å². The van der Waals surface area contributed by atoms with E-state index in [4.69, 9.17) is 9.47 Å². The van der Waals surface area contributed by atoms with E-state index >= 15 is 0 Å². The molecule has 1 aromatic rings. The molecular weight excluding hydrogens is 299 g/mol. The highest BCUT2D eigenvalue weighted by Gasteiger charge is 2.31. The second-order valence-corrected chi connectivity index (χ2v) is 5.08. The first kappa shape index (κ1) is 16.9. The van der Waals surface area contributed by atoms with Gasteiger partial charge in [0.2, 0.25) is 0 Å². The second-order valence-electron chi connectivity index (χ2n) is 5.08. The van der Waals surface area contributed by atoms with Gasteiger partial charge in [-0.15, -0.1) is 13.2 Å². The Morgan fingerprint density at radius 2 is 1.95 bits per heavy atom. The lowest BCUT2D eigenvalue weighted by Crippen LogP contribution is -2.36. The molecule has 0 aliphatic carbocycles. The maximum Gasteiger partial charge on any atom is 0.573 e. The van der Waals surface area contributed by atoms with Crippen LogP contribution in [0, 0.1) is 0 Å². The molecule has 0 amide bonds. The second kappa shape index (κ2) is 7.69. The van der Waals surface area contributed by atoms with Gasteiger partial charge in [0.1, 0.15) is 11.5 Å². The zero-order chi connectivity index (χ0) is 16.0. The van der Waals surface area contributed by atoms with Crippen LogP contribution in [0.25, 0.3) is 0 Å². The van der Waals surface area contributed by atoms with Gasteiger partial charge in [-0.2, -0.15) is 0 Å². The van der Waals surface area contributed by atoms with Crippen molar-refractivity contribution >= 4 is 0 Å². The van der Waals surface area contributed by atoms with Gasteiger partial charge in [-0.1, -0.05) is 6.07 Å². The minimum absolute atomic E-state index is 0.263. The van der Waals surface area contributed by atoms with Crippen molar-refractivity contribution in [2.24, 2.45) is 0 Å². The minimum Gasteiger partial charge on any atom is -0.496 e. The van der Waals surface area contributed by atoms with Gasteiger partial charge < -0.3 is 14.2 Å². The largest absolute Gasteiger partial charge is 0.573 e. The third kappa shape index (κ3) is 5.38. The smallest absolute Gasteiger partial charge is 0.496 e. The topological polar surface area (TPSA) is 30.9 Å². The van der Waals surface area contributed by atoms with Crippen LogP contribution in [0.5, 0.6) is 11.5 Å². The standard InChI is InChI=1S/C15H20F3NO3/c1-20-14-11-13(22-15(16,17)18)5-4-12(14)3-2-6-19-7-9-21-10-8-19/h4-5,11H,2-3,6-10H2,1H3. The molecule has 0 radical (unpaired) electrons. The van der Waals surface area contributed by atoms with Gasteiger partial charge in [-0.05, 0) is 31.0 Å². The Kier molecular flexibility index (Phi) is 5.90. The SMILES string of the molecule is COc1cc(OC(F)(F)F)ccc1CCCN1CCOCC1. The van der Waals surface area contributed by atoms with Crippen LogP contribution in [0.15, 0.2) is 18.2 Å². The normalized spacial score (nSPS) is 16.5. The van der Waals surface area contributed by atoms with Crippen LogP contribution in [-0.2, 0) is 11.2 Å². The van der Waals surface area contributed by atoms with E-state index in [1.165, 1.54) is 19.2 Å². The molecule has 0 atom stereocenters. The van der Waals surface area contributed by atoms with Gasteiger partial charge in [-0.25, -0.2) is 0 Å². The summed E-state index contributed by atoms with van der Waals surface area (Å²) in [6, 6.07) is 4.22. The lowest BCUT2D eigenvalue weighted by molar-refractivity contribution is -0.274. The number of hydrogen-bond acceptors (Lipinski definition) is 4. The maximum absolute atomic E-state index is 12.2. The van der Waals surface area contributed by atoms with E-state index in [1.807, 2.05) is 0 Å². The number of aryl methyl sites for hydroxylation is 1. The molecule has 0 bridgehead atoms. The van der Waals surface area contributed by atoms with E-state index in [0.29, 0.717) is 5.75 Å². The Morgan fingerprint density at radius 1 is 1.23 bits per heavy atom. The molecular formula is C15H20F3NO3. The molecule has 0 N–H and O–H groups in total. The molecule has 0 saturated carbocycles. The van der Waals surface area contributed by atoms with Crippen molar-refractivity contribution in [1.29, 1.82) is 0 Å². The average molecular weight is 319 g/mol. The summed E-state index contributed by atoms with van der Waals surface area (Å²) in [5, 5.41) is 0. The average Bonchev–Trinajstić information content (AvgIpc) is 2.48. The lowest BCUT2D eigenvalue weighted by Gasteiger charge is -2.26. The fourth-order valence-corrected chi connectivity index (χ4v) is 2.45. The van der Waals surface area contributed by atoms with Crippen molar-refractivity contribution in [2.75, 3.05) is 40.0 Å². The molecule has 7 heteroatoms. The van der Waals surface area contributed by atoms with Crippen LogP contribution < -0.4 is 9.47 Å². The number of nitrogens with zero attached hydrogens (tertiary/aromatic N) is 1. The Hall–Kier alpha value is -1.47. The van der Waals surface area contributed by atoms with Crippen molar-refractivity contribution in [2.45, 2.75) is 19.2 Å². The number of benzene rings is 1. The predicted molar refractivity (Wildman–Crippen MR) is 75.3 cm³/mol. The van der Waals surface area contributed by atoms with Gasteiger partial charge in [0.05, 0.1) is 20.3 Å². The van der Waals surface area contributed by atoms with Crippen LogP contribution in [0.4, 0.5) is 13.2 Å². The fourth-order valence-electron chi connectivity index (χ4n) is 2.45. The molecule has 4 nitrogen and oxygen atoms in total. The van der Waals surface area contributed by atoms with Gasteiger partial charge in [0.15, 0.2) is 0 Å². The quantitative estimate of drug-likeness (QED) is 0.807. The van der Waals surface area contributed by atoms with Crippen LogP contribution in [0.1, 0.15) is 12.0 Å². The summed E-state index contributed by atoms with van der Waals surface area (Å²) in [6.07, 6.45) is -3.04. The van der Waals surface area contributed by atoms with Crippen molar-refractivity contribution in [3.8, 4) is 11.5 Å². The highest BCUT2D eigenvalue weighted by Crippen LogP contribution is 2.29. The minimum atomic E-state index is -4.69. The Labute approximate surface area is 127 Å². The summed E-state index contributed by atoms with van der Waals surface area (Å²) in [4.78, 5) is 2.32. The molecule has 1 aliphatic heterocycles. The Morgan fingerprint density at radius 3 is 2.59 bits per heavy atom. The molecule has 0 unspecified atom stereocenters. The van der Waals surface area contributed by atoms with E-state index in [0.717, 1.165) is 51.3 Å². The summed E-state index contributed by atoms with van der Waals surface area (Å²) in [6.45, 7) is 4.30. The number of alkyl halides is 3. The zero-order valence-electron chi connectivity index (χ0n) is 12.5. The number of ether oxygens (including phenoxy) is 3. The highest BCUT2D eigenvalue weighted by molar-refractivity contribution is 5.40. The maximum atomic E-state index is 12.2. The summed E-state index contributed by atoms with van der Waals surface area (Å²) in [5.74, 6) is 0.157. The van der Waals surface area contributed by atoms with Gasteiger partial charge in [0.25, 0.3) is 0 Å². The molecule has 1 saturated heterocycles. The first-order valence-corrected chi connectivity index (χ1v) is 7.21. The van der Waals surface area contributed by atoms with Crippen LogP contribution in [0.2, 0.25) is 0 Å². The zero-order valence-corrected chi connectivity index (χ0v) is 12.5. The summed E-state index contributed by atoms with van der Waals surface area (Å²) in [5.41, 5.74) is 0.880. The molecule has 1 aliphatic rings. The van der Waals surface area contributed by atoms with E-state index < -0.39 is 6.36 Å². The van der Waals surface area contributed by atoms with Gasteiger partial charge >= 0.3 is 6.36 Å². The Balaban J connectivity index is 1.89. The predicted octanol–water partition coefficient (Wildman–Crippen LogP) is 2.86. The molecule has 22 heavy (non-hydrogen) atoms. The van der Waals surface area contributed by atoms with Gasteiger partial charge in [-0.3, -0.25) is 4.90 Å². The van der Waals surface area contributed by atoms with Crippen molar-refractivity contribution in [1.82, 2.24) is 4.90 Å². The summed E-state index contributed by atoms with van der Waals surface area (Å²) in [7, 11) is 1.44. The van der Waals surface area contributed by atoms with Crippen molar-refractivity contribution in [3.05, 3.63) is 23.8 Å². The van der Waals surface area contributed by atoms with E-state index in [2.05, 4.69) is 9.64 Å². The van der Waals surface area contributed by atoms with E-state index in [1.54, 1.807) is 6.07 Å². The van der Waals surface area contributed by atoms with Crippen LogP contribution >= 0.6 is 0 Å². The van der Waals surface area contributed by atoms with E-state index in [9.17, 15) is 13.2 Å². The molecule has 1 heterocycles. The first-order chi connectivity index (χ1) is 10.5. The fraction of sp³-hybridized carbons (Fsp3) is 0.600. The van der Waals surface area contributed by atoms with E-state index in [-0.39, 0.29) is 5.75 Å². The third-order valence-corrected chi connectivity index (χ3v) is 3.52. The summed E-state index contributed by atoms with van der Waals surface area (Å²) >= 11 is 0. The first-order valence-electron chi connectivity index (χ1n) is 7.21. The van der Waals surface area contributed by atoms with Crippen LogP contribution in [-0.4, -0.2) is 51.2 Å². The summed E-state index contributed by atoms with van der Waals surface area (Å²) < 4.78 is 51.0. The number of rotatable bonds is 6. The number of methoxy groups -OCH3 is 1.